The van der Waals surface area contributed by atoms with Crippen LogP contribution in [-0.2, 0) is 0 Å². The zero-order valence-electron chi connectivity index (χ0n) is 30.8. The van der Waals surface area contributed by atoms with Crippen LogP contribution in [0.5, 0.6) is 0 Å². The van der Waals surface area contributed by atoms with Gasteiger partial charge < -0.3 is 0 Å². The molecule has 9 aromatic carbocycles. The molecule has 11 rings (SSSR count). The van der Waals surface area contributed by atoms with E-state index < -0.39 is 0 Å². The standard InChI is InChI=1S/C53H33N3S/c1-3-13-34(14-4-1)41-17-7-10-21-46(41)52-54-51(55-53(56-52)47-29-28-42(35-15-5-2-6-16-35)43-18-8-9-19-44(43)47)40-26-25-36-31-37(23-24-38(36)32-40)39-27-30-50-48(33-39)45-20-11-12-22-49(45)57-50/h1-33H. The van der Waals surface area contributed by atoms with Crippen molar-refractivity contribution in [3.63, 3.8) is 0 Å². The van der Waals surface area contributed by atoms with Gasteiger partial charge in [-0.3, -0.25) is 0 Å². The summed E-state index contributed by atoms with van der Waals surface area (Å²) in [5.41, 5.74) is 9.81. The molecule has 0 saturated heterocycles. The molecule has 0 radical (unpaired) electrons. The van der Waals surface area contributed by atoms with Gasteiger partial charge in [0.25, 0.3) is 0 Å². The number of fused-ring (bicyclic) bond motifs is 5. The quantitative estimate of drug-likeness (QED) is 0.170. The normalized spacial score (nSPS) is 11.5. The van der Waals surface area contributed by atoms with Crippen LogP contribution in [0.15, 0.2) is 200 Å². The molecule has 0 saturated carbocycles. The maximum atomic E-state index is 5.26. The first kappa shape index (κ1) is 33.1. The molecular formula is C53H33N3S. The van der Waals surface area contributed by atoms with Crippen molar-refractivity contribution < 1.29 is 0 Å². The van der Waals surface area contributed by atoms with Crippen LogP contribution in [-0.4, -0.2) is 15.0 Å². The molecule has 3 nitrogen and oxygen atoms in total. The largest absolute Gasteiger partial charge is 0.208 e. The van der Waals surface area contributed by atoms with Crippen LogP contribution < -0.4 is 0 Å². The molecule has 0 aliphatic rings. The first-order valence-corrected chi connectivity index (χ1v) is 20.0. The lowest BCUT2D eigenvalue weighted by atomic mass is 9.94. The number of thiophene rings is 1. The molecule has 0 atom stereocenters. The monoisotopic (exact) mass is 743 g/mol. The van der Waals surface area contributed by atoms with Gasteiger partial charge in [-0.2, -0.15) is 0 Å². The summed E-state index contributed by atoms with van der Waals surface area (Å²) < 4.78 is 2.63. The Morgan fingerprint density at radius 2 is 0.754 bits per heavy atom. The van der Waals surface area contributed by atoms with Crippen LogP contribution in [0.3, 0.4) is 0 Å². The number of aromatic nitrogens is 3. The third-order valence-corrected chi connectivity index (χ3v) is 12.1. The molecule has 57 heavy (non-hydrogen) atoms. The van der Waals surface area contributed by atoms with E-state index in [0.29, 0.717) is 17.5 Å². The van der Waals surface area contributed by atoms with Gasteiger partial charge in [-0.25, -0.2) is 15.0 Å². The van der Waals surface area contributed by atoms with E-state index in [-0.39, 0.29) is 0 Å². The fourth-order valence-electron chi connectivity index (χ4n) is 8.13. The molecule has 0 amide bonds. The summed E-state index contributed by atoms with van der Waals surface area (Å²) in [5.74, 6) is 1.91. The van der Waals surface area contributed by atoms with Gasteiger partial charge in [-0.15, -0.1) is 11.3 Å². The van der Waals surface area contributed by atoms with Gasteiger partial charge in [0.1, 0.15) is 0 Å². The summed E-state index contributed by atoms with van der Waals surface area (Å²) >= 11 is 1.85. The zero-order valence-corrected chi connectivity index (χ0v) is 31.6. The predicted octanol–water partition coefficient (Wildman–Crippen LogP) is 14.5. The molecule has 2 heterocycles. The second kappa shape index (κ2) is 13.8. The van der Waals surface area contributed by atoms with Crippen molar-refractivity contribution in [2.75, 3.05) is 0 Å². The van der Waals surface area contributed by atoms with E-state index in [2.05, 4.69) is 194 Å². The highest BCUT2D eigenvalue weighted by atomic mass is 32.1. The second-order valence-electron chi connectivity index (χ2n) is 14.4. The summed E-state index contributed by atoms with van der Waals surface area (Å²) in [4.78, 5) is 15.7. The van der Waals surface area contributed by atoms with E-state index in [1.807, 2.05) is 17.4 Å². The third-order valence-electron chi connectivity index (χ3n) is 10.9. The molecule has 11 aromatic rings. The van der Waals surface area contributed by atoms with E-state index in [9.17, 15) is 0 Å². The van der Waals surface area contributed by atoms with Crippen molar-refractivity contribution in [2.24, 2.45) is 0 Å². The Morgan fingerprint density at radius 1 is 0.263 bits per heavy atom. The average Bonchev–Trinajstić information content (AvgIpc) is 3.67. The van der Waals surface area contributed by atoms with Gasteiger partial charge >= 0.3 is 0 Å². The number of hydrogen-bond donors (Lipinski definition) is 0. The van der Waals surface area contributed by atoms with Gasteiger partial charge in [-0.1, -0.05) is 164 Å². The molecule has 266 valence electrons. The number of rotatable bonds is 6. The van der Waals surface area contributed by atoms with Gasteiger partial charge in [0, 0.05) is 36.9 Å². The molecule has 4 heteroatoms. The Bertz CT molecular complexity index is 3300. The Kier molecular flexibility index (Phi) is 8.01. The topological polar surface area (TPSA) is 38.7 Å². The Labute approximate surface area is 334 Å². The zero-order chi connectivity index (χ0) is 37.7. The summed E-state index contributed by atoms with van der Waals surface area (Å²) in [6.45, 7) is 0. The van der Waals surface area contributed by atoms with Crippen molar-refractivity contribution in [3.05, 3.63) is 200 Å². The van der Waals surface area contributed by atoms with Gasteiger partial charge in [0.05, 0.1) is 0 Å². The lowest BCUT2D eigenvalue weighted by Crippen LogP contribution is -2.01. The van der Waals surface area contributed by atoms with E-state index >= 15 is 0 Å². The molecule has 2 aromatic heterocycles. The van der Waals surface area contributed by atoms with Crippen LogP contribution in [0.2, 0.25) is 0 Å². The first-order valence-electron chi connectivity index (χ1n) is 19.2. The lowest BCUT2D eigenvalue weighted by Gasteiger charge is -2.14. The number of hydrogen-bond acceptors (Lipinski definition) is 4. The van der Waals surface area contributed by atoms with Crippen molar-refractivity contribution in [1.29, 1.82) is 0 Å². The molecule has 0 aliphatic carbocycles. The Morgan fingerprint density at radius 3 is 1.51 bits per heavy atom. The lowest BCUT2D eigenvalue weighted by molar-refractivity contribution is 1.08. The van der Waals surface area contributed by atoms with Gasteiger partial charge in [-0.05, 0) is 91.3 Å². The summed E-state index contributed by atoms with van der Waals surface area (Å²) in [6.07, 6.45) is 0. The Hall–Kier alpha value is -7.27. The predicted molar refractivity (Wildman–Crippen MR) is 240 cm³/mol. The molecule has 0 N–H and O–H groups in total. The first-order chi connectivity index (χ1) is 28.2. The second-order valence-corrected chi connectivity index (χ2v) is 15.5. The van der Waals surface area contributed by atoms with E-state index in [4.69, 9.17) is 15.0 Å². The van der Waals surface area contributed by atoms with Crippen molar-refractivity contribution in [3.8, 4) is 67.5 Å². The smallest absolute Gasteiger partial charge is 0.164 e. The number of benzene rings is 9. The van der Waals surface area contributed by atoms with E-state index in [0.717, 1.165) is 49.4 Å². The molecule has 0 unspecified atom stereocenters. The minimum absolute atomic E-state index is 0.634. The Balaban J connectivity index is 1.06. The average molecular weight is 744 g/mol. The highest BCUT2D eigenvalue weighted by Gasteiger charge is 2.18. The fraction of sp³-hybridized carbons (Fsp3) is 0. The van der Waals surface area contributed by atoms with Crippen molar-refractivity contribution in [1.82, 2.24) is 15.0 Å². The highest BCUT2D eigenvalue weighted by molar-refractivity contribution is 7.25. The van der Waals surface area contributed by atoms with Crippen molar-refractivity contribution >= 4 is 53.1 Å². The fourth-order valence-corrected chi connectivity index (χ4v) is 9.21. The van der Waals surface area contributed by atoms with Crippen LogP contribution >= 0.6 is 11.3 Å². The minimum atomic E-state index is 0.634. The summed E-state index contributed by atoms with van der Waals surface area (Å²) in [7, 11) is 0. The van der Waals surface area contributed by atoms with Crippen LogP contribution in [0, 0.1) is 0 Å². The van der Waals surface area contributed by atoms with E-state index in [1.165, 1.54) is 42.4 Å². The van der Waals surface area contributed by atoms with E-state index in [1.54, 1.807) is 0 Å². The molecule has 0 spiro atoms. The maximum absolute atomic E-state index is 5.26. The molecule has 0 fully saturated rings. The highest BCUT2D eigenvalue weighted by Crippen LogP contribution is 2.39. The van der Waals surface area contributed by atoms with Crippen molar-refractivity contribution in [2.45, 2.75) is 0 Å². The van der Waals surface area contributed by atoms with Crippen LogP contribution in [0.4, 0.5) is 0 Å². The maximum Gasteiger partial charge on any atom is 0.164 e. The minimum Gasteiger partial charge on any atom is -0.208 e. The van der Waals surface area contributed by atoms with Crippen LogP contribution in [0.1, 0.15) is 0 Å². The van der Waals surface area contributed by atoms with Crippen LogP contribution in [0.25, 0.3) is 109 Å². The molecular weight excluding hydrogens is 711 g/mol. The third kappa shape index (κ3) is 5.95. The van der Waals surface area contributed by atoms with Gasteiger partial charge in [0.2, 0.25) is 0 Å². The summed E-state index contributed by atoms with van der Waals surface area (Å²) in [6, 6.07) is 71.1. The molecule has 0 bridgehead atoms. The molecule has 0 aliphatic heterocycles. The number of nitrogens with zero attached hydrogens (tertiary/aromatic N) is 3. The summed E-state index contributed by atoms with van der Waals surface area (Å²) in [5, 5.41) is 7.16. The SMILES string of the molecule is c1ccc(-c2ccccc2-c2nc(-c3ccc4cc(-c5ccc6sc7ccccc7c6c5)ccc4c3)nc(-c3ccc(-c4ccccc4)c4ccccc34)n2)cc1. The van der Waals surface area contributed by atoms with Gasteiger partial charge in [0.15, 0.2) is 17.5 Å².